The lowest BCUT2D eigenvalue weighted by Crippen LogP contribution is -2.19. The molecule has 0 aliphatic rings. The van der Waals surface area contributed by atoms with Gasteiger partial charge in [0.2, 0.25) is 6.29 Å². The molecular formula is C25H35N3O3. The fraction of sp³-hybridized carbons (Fsp3) is 0.480. The maximum Gasteiger partial charge on any atom is 0.308 e. The predicted molar refractivity (Wildman–Crippen MR) is 126 cm³/mol. The third-order valence-corrected chi connectivity index (χ3v) is 5.17. The summed E-state index contributed by atoms with van der Waals surface area (Å²) in [6.45, 7) is 14.0. The van der Waals surface area contributed by atoms with Gasteiger partial charge in [0.05, 0.1) is 5.69 Å². The zero-order chi connectivity index (χ0) is 23.3. The van der Waals surface area contributed by atoms with Crippen molar-refractivity contribution in [2.75, 3.05) is 7.05 Å². The number of esters is 1. The van der Waals surface area contributed by atoms with E-state index in [0.29, 0.717) is 5.76 Å². The van der Waals surface area contributed by atoms with Gasteiger partial charge in [-0.2, -0.15) is 5.10 Å². The molecule has 0 bridgehead atoms. The average molecular weight is 426 g/mol. The van der Waals surface area contributed by atoms with Gasteiger partial charge in [0.1, 0.15) is 5.69 Å². The molecule has 2 rings (SSSR count). The van der Waals surface area contributed by atoms with E-state index in [-0.39, 0.29) is 17.8 Å². The van der Waals surface area contributed by atoms with E-state index >= 15 is 0 Å². The lowest BCUT2D eigenvalue weighted by Gasteiger charge is -2.22. The van der Waals surface area contributed by atoms with Crippen LogP contribution in [0.25, 0.3) is 11.3 Å². The van der Waals surface area contributed by atoms with Crippen LogP contribution in [0.2, 0.25) is 0 Å². The van der Waals surface area contributed by atoms with Gasteiger partial charge >= 0.3 is 5.97 Å². The van der Waals surface area contributed by atoms with E-state index in [9.17, 15) is 4.79 Å². The fourth-order valence-electron chi connectivity index (χ4n) is 3.33. The molecule has 0 saturated carbocycles. The zero-order valence-electron chi connectivity index (χ0n) is 20.2. The van der Waals surface area contributed by atoms with Gasteiger partial charge in [0, 0.05) is 44.8 Å². The normalized spacial score (nSPS) is 13.8. The number of ether oxygens (including phenoxy) is 2. The number of hydrogen-bond acceptors (Lipinski definition) is 5. The first-order chi connectivity index (χ1) is 14.5. The number of carbonyl (C=O) groups is 1. The number of nitrogens with zero attached hydrogens (tertiary/aromatic N) is 3. The van der Waals surface area contributed by atoms with Crippen LogP contribution < -0.4 is 0 Å². The SMILES string of the molecule is CCC(=O)OC(C)O/C(=C(/C=N\C)c1ccc(C(C)(C)C)cc1)c1c(C)c(C)nn1C. The first-order valence-electron chi connectivity index (χ1n) is 10.6. The number of carbonyl (C=O) groups excluding carboxylic acids is 1. The summed E-state index contributed by atoms with van der Waals surface area (Å²) in [6.07, 6.45) is 1.30. The second-order valence-corrected chi connectivity index (χ2v) is 8.67. The molecule has 1 unspecified atom stereocenters. The highest BCUT2D eigenvalue weighted by Crippen LogP contribution is 2.32. The molecule has 0 aliphatic heterocycles. The van der Waals surface area contributed by atoms with Crippen molar-refractivity contribution < 1.29 is 14.3 Å². The molecule has 0 amide bonds. The zero-order valence-corrected chi connectivity index (χ0v) is 20.2. The molecule has 6 nitrogen and oxygen atoms in total. The largest absolute Gasteiger partial charge is 0.452 e. The van der Waals surface area contributed by atoms with Crippen molar-refractivity contribution in [3.8, 4) is 0 Å². The highest BCUT2D eigenvalue weighted by Gasteiger charge is 2.23. The van der Waals surface area contributed by atoms with Crippen LogP contribution in [0.5, 0.6) is 0 Å². The van der Waals surface area contributed by atoms with Crippen LogP contribution in [0.1, 0.15) is 69.1 Å². The molecule has 31 heavy (non-hydrogen) atoms. The summed E-state index contributed by atoms with van der Waals surface area (Å²) in [5, 5.41) is 4.55. The molecule has 6 heteroatoms. The Balaban J connectivity index is 2.69. The Morgan fingerprint density at radius 3 is 2.26 bits per heavy atom. The first kappa shape index (κ1) is 24.4. The number of hydrogen-bond donors (Lipinski definition) is 0. The number of aromatic nitrogens is 2. The van der Waals surface area contributed by atoms with Crippen molar-refractivity contribution in [1.82, 2.24) is 9.78 Å². The minimum Gasteiger partial charge on any atom is -0.452 e. The minimum atomic E-state index is -0.758. The summed E-state index contributed by atoms with van der Waals surface area (Å²) in [7, 11) is 3.61. The van der Waals surface area contributed by atoms with Crippen molar-refractivity contribution in [1.29, 1.82) is 0 Å². The number of benzene rings is 1. The van der Waals surface area contributed by atoms with Gasteiger partial charge in [-0.05, 0) is 30.4 Å². The third-order valence-electron chi connectivity index (χ3n) is 5.17. The van der Waals surface area contributed by atoms with Gasteiger partial charge in [-0.15, -0.1) is 0 Å². The molecule has 0 N–H and O–H groups in total. The van der Waals surface area contributed by atoms with E-state index < -0.39 is 6.29 Å². The van der Waals surface area contributed by atoms with E-state index in [1.165, 1.54) is 5.56 Å². The van der Waals surface area contributed by atoms with Crippen LogP contribution >= 0.6 is 0 Å². The average Bonchev–Trinajstić information content (AvgIpc) is 2.95. The Kier molecular flexibility index (Phi) is 7.82. The summed E-state index contributed by atoms with van der Waals surface area (Å²) in [5.74, 6) is 0.260. The quantitative estimate of drug-likeness (QED) is 0.264. The monoisotopic (exact) mass is 425 g/mol. The van der Waals surface area contributed by atoms with Crippen LogP contribution in [0.3, 0.4) is 0 Å². The maximum atomic E-state index is 11.8. The topological polar surface area (TPSA) is 65.7 Å². The van der Waals surface area contributed by atoms with Crippen molar-refractivity contribution in [2.24, 2.45) is 12.0 Å². The van der Waals surface area contributed by atoms with Crippen LogP contribution in [0.15, 0.2) is 29.3 Å². The molecule has 0 saturated heterocycles. The molecule has 168 valence electrons. The molecule has 1 aromatic heterocycles. The van der Waals surface area contributed by atoms with Crippen molar-refractivity contribution in [3.63, 3.8) is 0 Å². The maximum absolute atomic E-state index is 11.8. The molecule has 1 heterocycles. The van der Waals surface area contributed by atoms with Crippen LogP contribution in [-0.4, -0.2) is 35.3 Å². The van der Waals surface area contributed by atoms with E-state index in [2.05, 4.69) is 55.1 Å². The van der Waals surface area contributed by atoms with E-state index in [1.807, 2.05) is 20.9 Å². The molecule has 0 fully saturated rings. The van der Waals surface area contributed by atoms with Crippen LogP contribution in [0.4, 0.5) is 0 Å². The Labute approximate surface area is 186 Å². The molecule has 0 aliphatic carbocycles. The smallest absolute Gasteiger partial charge is 0.308 e. The molecule has 1 aromatic carbocycles. The minimum absolute atomic E-state index is 0.0548. The van der Waals surface area contributed by atoms with E-state index in [4.69, 9.17) is 9.47 Å². The third kappa shape index (κ3) is 5.84. The van der Waals surface area contributed by atoms with Gasteiger partial charge in [0.15, 0.2) is 5.76 Å². The van der Waals surface area contributed by atoms with Crippen LogP contribution in [-0.2, 0) is 26.7 Å². The molecule has 2 aromatic rings. The number of aliphatic imine (C=N–C) groups is 1. The number of allylic oxidation sites excluding steroid dienone is 1. The summed E-state index contributed by atoms with van der Waals surface area (Å²) in [6, 6.07) is 8.39. The fourth-order valence-corrected chi connectivity index (χ4v) is 3.33. The molecule has 0 spiro atoms. The summed E-state index contributed by atoms with van der Waals surface area (Å²) in [5.41, 5.74) is 5.79. The van der Waals surface area contributed by atoms with Crippen LogP contribution in [0, 0.1) is 13.8 Å². The van der Waals surface area contributed by atoms with Crippen molar-refractivity contribution in [3.05, 3.63) is 52.3 Å². The second kappa shape index (κ2) is 9.94. The van der Waals surface area contributed by atoms with Crippen molar-refractivity contribution >= 4 is 23.5 Å². The molecular weight excluding hydrogens is 390 g/mol. The number of rotatable bonds is 7. The van der Waals surface area contributed by atoms with Gasteiger partial charge in [0.25, 0.3) is 0 Å². The summed E-state index contributed by atoms with van der Waals surface area (Å²) >= 11 is 0. The summed E-state index contributed by atoms with van der Waals surface area (Å²) in [4.78, 5) is 16.1. The first-order valence-corrected chi connectivity index (χ1v) is 10.6. The lowest BCUT2D eigenvalue weighted by molar-refractivity contribution is -0.163. The standard InChI is InChI=1S/C25H35N3O3/c1-10-22(29)30-18(4)31-24(23-16(2)17(3)27-28(23)9)21(15-26-8)19-11-13-20(14-12-19)25(5,6)7/h11-15,18H,10H2,1-9H3/b24-21-,26-15-. The summed E-state index contributed by atoms with van der Waals surface area (Å²) < 4.78 is 13.4. The van der Waals surface area contributed by atoms with Gasteiger partial charge in [-0.3, -0.25) is 14.5 Å². The Bertz CT molecular complexity index is 977. The van der Waals surface area contributed by atoms with Gasteiger partial charge in [-0.1, -0.05) is 52.0 Å². The Morgan fingerprint density at radius 2 is 1.81 bits per heavy atom. The van der Waals surface area contributed by atoms with Crippen molar-refractivity contribution in [2.45, 2.75) is 66.6 Å². The molecule has 1 atom stereocenters. The van der Waals surface area contributed by atoms with Gasteiger partial charge in [-0.25, -0.2) is 0 Å². The Morgan fingerprint density at radius 1 is 1.19 bits per heavy atom. The van der Waals surface area contributed by atoms with E-state index in [0.717, 1.165) is 28.1 Å². The molecule has 0 radical (unpaired) electrons. The predicted octanol–water partition coefficient (Wildman–Crippen LogP) is 5.22. The van der Waals surface area contributed by atoms with Gasteiger partial charge < -0.3 is 9.47 Å². The van der Waals surface area contributed by atoms with E-state index in [1.54, 1.807) is 31.8 Å². The highest BCUT2D eigenvalue weighted by atomic mass is 16.7. The second-order valence-electron chi connectivity index (χ2n) is 8.67. The lowest BCUT2D eigenvalue weighted by atomic mass is 9.86. The Hall–Kier alpha value is -2.89. The highest BCUT2D eigenvalue weighted by molar-refractivity contribution is 6.18. The number of aryl methyl sites for hydroxylation is 2.